The van der Waals surface area contributed by atoms with Gasteiger partial charge in [0.05, 0.1) is 11.3 Å². The number of ketones is 1. The van der Waals surface area contributed by atoms with Crippen molar-refractivity contribution in [2.75, 3.05) is 11.4 Å². The first-order valence-corrected chi connectivity index (χ1v) is 9.16. The Morgan fingerprint density at radius 2 is 2.00 bits per heavy atom. The van der Waals surface area contributed by atoms with Gasteiger partial charge in [-0.2, -0.15) is 0 Å². The molecule has 1 aromatic heterocycles. The number of nitrogens with zero attached hydrogens (tertiary/aromatic N) is 5. The predicted octanol–water partition coefficient (Wildman–Crippen LogP) is 2.53. The summed E-state index contributed by atoms with van der Waals surface area (Å²) in [7, 11) is 0. The second kappa shape index (κ2) is 6.95. The van der Waals surface area contributed by atoms with Crippen molar-refractivity contribution in [2.45, 2.75) is 50.6 Å². The van der Waals surface area contributed by atoms with E-state index in [2.05, 4.69) is 15.5 Å². The standard InChI is InChI=1S/C17H21N5O2S/c1-10(2)22-17(18-19-20-22)25-11(3)16(24)14-5-6-15-13(9-14)7-8-21(15)12(4)23/h5-6,9-11H,7-8H2,1-4H3/t11-/m1/s1. The average Bonchev–Trinajstić information content (AvgIpc) is 3.19. The molecule has 1 atom stereocenters. The maximum absolute atomic E-state index is 12.8. The molecule has 1 amide bonds. The van der Waals surface area contributed by atoms with E-state index in [1.165, 1.54) is 11.8 Å². The SMILES string of the molecule is CC(=O)N1CCc2cc(C(=O)[C@@H](C)Sc3nnnn3C(C)C)ccc21. The fourth-order valence-electron chi connectivity index (χ4n) is 2.92. The van der Waals surface area contributed by atoms with Crippen molar-refractivity contribution in [1.82, 2.24) is 20.2 Å². The lowest BCUT2D eigenvalue weighted by atomic mass is 10.0. The number of tetrazole rings is 1. The van der Waals surface area contributed by atoms with E-state index in [9.17, 15) is 9.59 Å². The van der Waals surface area contributed by atoms with Gasteiger partial charge in [-0.05, 0) is 61.4 Å². The molecular weight excluding hydrogens is 338 g/mol. The number of benzene rings is 1. The average molecular weight is 359 g/mol. The number of hydrogen-bond donors (Lipinski definition) is 0. The molecule has 0 unspecified atom stereocenters. The highest BCUT2D eigenvalue weighted by Gasteiger charge is 2.25. The van der Waals surface area contributed by atoms with Gasteiger partial charge in [-0.3, -0.25) is 9.59 Å². The van der Waals surface area contributed by atoms with Crippen molar-refractivity contribution >= 4 is 29.1 Å². The Labute approximate surface area is 150 Å². The summed E-state index contributed by atoms with van der Waals surface area (Å²) in [5.41, 5.74) is 2.62. The maximum Gasteiger partial charge on any atom is 0.223 e. The van der Waals surface area contributed by atoms with E-state index >= 15 is 0 Å². The third-order valence-corrected chi connectivity index (χ3v) is 5.29. The molecular formula is C17H21N5O2S. The summed E-state index contributed by atoms with van der Waals surface area (Å²) in [6, 6.07) is 5.71. The Morgan fingerprint density at radius 3 is 2.68 bits per heavy atom. The monoisotopic (exact) mass is 359 g/mol. The third-order valence-electron chi connectivity index (χ3n) is 4.24. The number of carbonyl (C=O) groups is 2. The zero-order valence-electron chi connectivity index (χ0n) is 14.8. The summed E-state index contributed by atoms with van der Waals surface area (Å²) in [5.74, 6) is 0.0645. The molecule has 1 aliphatic rings. The first kappa shape index (κ1) is 17.6. The highest BCUT2D eigenvalue weighted by Crippen LogP contribution is 2.31. The van der Waals surface area contributed by atoms with Crippen LogP contribution < -0.4 is 4.90 Å². The molecule has 7 nitrogen and oxygen atoms in total. The normalized spacial score (nSPS) is 14.7. The number of Topliss-reactive ketones (excluding diaryl/α,β-unsaturated/α-hetero) is 1. The van der Waals surface area contributed by atoms with E-state index in [0.717, 1.165) is 17.7 Å². The lowest BCUT2D eigenvalue weighted by Gasteiger charge is -2.15. The molecule has 0 aliphatic carbocycles. The summed E-state index contributed by atoms with van der Waals surface area (Å²) in [6.07, 6.45) is 0.781. The van der Waals surface area contributed by atoms with Crippen LogP contribution in [-0.4, -0.2) is 43.7 Å². The van der Waals surface area contributed by atoms with Gasteiger partial charge < -0.3 is 4.90 Å². The molecule has 1 aliphatic heterocycles. The Hall–Kier alpha value is -2.22. The first-order valence-electron chi connectivity index (χ1n) is 8.28. The lowest BCUT2D eigenvalue weighted by molar-refractivity contribution is -0.116. The molecule has 132 valence electrons. The number of amides is 1. The molecule has 25 heavy (non-hydrogen) atoms. The summed E-state index contributed by atoms with van der Waals surface area (Å²) in [6.45, 7) is 8.09. The zero-order valence-corrected chi connectivity index (χ0v) is 15.6. The van der Waals surface area contributed by atoms with Gasteiger partial charge in [-0.1, -0.05) is 11.8 Å². The van der Waals surface area contributed by atoms with Crippen LogP contribution in [0.1, 0.15) is 49.7 Å². The van der Waals surface area contributed by atoms with Gasteiger partial charge in [0.1, 0.15) is 0 Å². The van der Waals surface area contributed by atoms with Gasteiger partial charge in [0, 0.05) is 24.7 Å². The van der Waals surface area contributed by atoms with Gasteiger partial charge >= 0.3 is 0 Å². The quantitative estimate of drug-likeness (QED) is 0.603. The number of carbonyl (C=O) groups excluding carboxylic acids is 2. The molecule has 0 saturated carbocycles. The minimum atomic E-state index is -0.299. The van der Waals surface area contributed by atoms with E-state index in [1.54, 1.807) is 22.6 Å². The van der Waals surface area contributed by atoms with Crippen molar-refractivity contribution in [1.29, 1.82) is 0 Å². The molecule has 2 aromatic rings. The van der Waals surface area contributed by atoms with Crippen molar-refractivity contribution in [3.63, 3.8) is 0 Å². The van der Waals surface area contributed by atoms with Crippen LogP contribution in [0, 0.1) is 0 Å². The second-order valence-electron chi connectivity index (χ2n) is 6.39. The molecule has 3 rings (SSSR count). The topological polar surface area (TPSA) is 81.0 Å². The fraction of sp³-hybridized carbons (Fsp3) is 0.471. The van der Waals surface area contributed by atoms with Crippen molar-refractivity contribution in [2.24, 2.45) is 0 Å². The van der Waals surface area contributed by atoms with Crippen LogP contribution in [0.5, 0.6) is 0 Å². The Balaban J connectivity index is 1.77. The van der Waals surface area contributed by atoms with Crippen LogP contribution in [-0.2, 0) is 11.2 Å². The number of anilines is 1. The molecule has 0 spiro atoms. The van der Waals surface area contributed by atoms with E-state index in [-0.39, 0.29) is 23.0 Å². The Kier molecular flexibility index (Phi) is 4.89. The van der Waals surface area contributed by atoms with Crippen molar-refractivity contribution in [3.05, 3.63) is 29.3 Å². The van der Waals surface area contributed by atoms with Crippen molar-refractivity contribution in [3.8, 4) is 0 Å². The number of aromatic nitrogens is 4. The molecule has 8 heteroatoms. The smallest absolute Gasteiger partial charge is 0.223 e. The summed E-state index contributed by atoms with van der Waals surface area (Å²) < 4.78 is 1.71. The van der Waals surface area contributed by atoms with Gasteiger partial charge in [-0.15, -0.1) is 5.10 Å². The second-order valence-corrected chi connectivity index (χ2v) is 7.70. The zero-order chi connectivity index (χ0) is 18.1. The highest BCUT2D eigenvalue weighted by molar-refractivity contribution is 8.00. The summed E-state index contributed by atoms with van der Waals surface area (Å²) >= 11 is 1.36. The summed E-state index contributed by atoms with van der Waals surface area (Å²) in [4.78, 5) is 26.2. The molecule has 0 saturated heterocycles. The van der Waals surface area contributed by atoms with Crippen LogP contribution in [0.3, 0.4) is 0 Å². The van der Waals surface area contributed by atoms with Gasteiger partial charge in [0.25, 0.3) is 0 Å². The van der Waals surface area contributed by atoms with E-state index < -0.39 is 0 Å². The Morgan fingerprint density at radius 1 is 1.24 bits per heavy atom. The summed E-state index contributed by atoms with van der Waals surface area (Å²) in [5, 5.41) is 12.0. The molecule has 0 fully saturated rings. The van der Waals surface area contributed by atoms with E-state index in [1.807, 2.05) is 32.9 Å². The van der Waals surface area contributed by atoms with Crippen LogP contribution in [0.2, 0.25) is 0 Å². The molecule has 1 aromatic carbocycles. The molecule has 0 radical (unpaired) electrons. The Bertz CT molecular complexity index is 817. The number of rotatable bonds is 5. The molecule has 0 bridgehead atoms. The maximum atomic E-state index is 12.8. The van der Waals surface area contributed by atoms with E-state index in [4.69, 9.17) is 0 Å². The van der Waals surface area contributed by atoms with Crippen LogP contribution >= 0.6 is 11.8 Å². The fourth-order valence-corrected chi connectivity index (χ4v) is 3.91. The predicted molar refractivity (Wildman–Crippen MR) is 96.0 cm³/mol. The minimum absolute atomic E-state index is 0.0299. The molecule has 0 N–H and O–H groups in total. The molecule has 2 heterocycles. The van der Waals surface area contributed by atoms with Gasteiger partial charge in [-0.25, -0.2) is 4.68 Å². The van der Waals surface area contributed by atoms with Crippen LogP contribution in [0.4, 0.5) is 5.69 Å². The van der Waals surface area contributed by atoms with Crippen LogP contribution in [0.15, 0.2) is 23.4 Å². The highest BCUT2D eigenvalue weighted by atomic mass is 32.2. The van der Waals surface area contributed by atoms with Crippen LogP contribution in [0.25, 0.3) is 0 Å². The van der Waals surface area contributed by atoms with Crippen molar-refractivity contribution < 1.29 is 9.59 Å². The first-order chi connectivity index (χ1) is 11.9. The van der Waals surface area contributed by atoms with E-state index in [0.29, 0.717) is 17.3 Å². The number of fused-ring (bicyclic) bond motifs is 1. The van der Waals surface area contributed by atoms with Gasteiger partial charge in [0.2, 0.25) is 11.1 Å². The lowest BCUT2D eigenvalue weighted by Crippen LogP contribution is -2.25. The number of thioether (sulfide) groups is 1. The minimum Gasteiger partial charge on any atom is -0.312 e. The largest absolute Gasteiger partial charge is 0.312 e. The third kappa shape index (κ3) is 3.44. The number of hydrogen-bond acceptors (Lipinski definition) is 6. The van der Waals surface area contributed by atoms with Gasteiger partial charge in [0.15, 0.2) is 5.78 Å².